The predicted molar refractivity (Wildman–Crippen MR) is 109 cm³/mol. The number of nitrogens with one attached hydrogen (secondary N) is 1. The molecule has 2 aromatic rings. The van der Waals surface area contributed by atoms with E-state index in [1.165, 1.54) is 7.11 Å². The first kappa shape index (κ1) is 21.4. The molecule has 1 aliphatic rings. The van der Waals surface area contributed by atoms with Gasteiger partial charge in [-0.1, -0.05) is 29.8 Å². The van der Waals surface area contributed by atoms with Gasteiger partial charge in [0, 0.05) is 31.2 Å². The van der Waals surface area contributed by atoms with Crippen molar-refractivity contribution in [2.24, 2.45) is 0 Å². The van der Waals surface area contributed by atoms with Crippen molar-refractivity contribution in [3.63, 3.8) is 0 Å². The molecule has 1 saturated heterocycles. The van der Waals surface area contributed by atoms with E-state index >= 15 is 0 Å². The molecule has 156 valence electrons. The van der Waals surface area contributed by atoms with Crippen LogP contribution in [-0.2, 0) is 14.3 Å². The van der Waals surface area contributed by atoms with Crippen molar-refractivity contribution in [2.75, 3.05) is 39.8 Å². The number of nitrogens with zero attached hydrogens (tertiary/aromatic N) is 2. The lowest BCUT2D eigenvalue weighted by molar-refractivity contribution is -0.148. The Labute approximate surface area is 175 Å². The number of ether oxygens (including phenoxy) is 1. The average molecular weight is 420 g/mol. The number of hydrogen-bond donors (Lipinski definition) is 1. The molecule has 2 atom stereocenters. The standard InChI is InChI=1S/C21H26ClN3O4/c1-15(18-8-5-13-29-18)23-19(26)14-24-9-11-25(12-10-24)20(21(27)28-2)16-6-3-4-7-17(16)22/h3-8,13,15,20H,9-12,14H2,1-2H3,(H,23,26). The number of furan rings is 1. The van der Waals surface area contributed by atoms with Gasteiger partial charge in [-0.3, -0.25) is 14.6 Å². The smallest absolute Gasteiger partial charge is 0.327 e. The number of hydrogen-bond acceptors (Lipinski definition) is 6. The van der Waals surface area contributed by atoms with Crippen molar-refractivity contribution in [2.45, 2.75) is 19.0 Å². The Morgan fingerprint density at radius 3 is 2.52 bits per heavy atom. The molecule has 1 aliphatic heterocycles. The van der Waals surface area contributed by atoms with E-state index in [0.717, 1.165) is 11.3 Å². The Hall–Kier alpha value is -2.35. The SMILES string of the molecule is COC(=O)C(c1ccccc1Cl)N1CCN(CC(=O)NC(C)c2ccco2)CC1. The van der Waals surface area contributed by atoms with Gasteiger partial charge in [0.25, 0.3) is 0 Å². The van der Waals surface area contributed by atoms with Crippen LogP contribution in [0.5, 0.6) is 0 Å². The molecule has 1 amide bonds. The summed E-state index contributed by atoms with van der Waals surface area (Å²) in [5.74, 6) is 0.332. The Bertz CT molecular complexity index is 819. The molecule has 0 saturated carbocycles. The fraction of sp³-hybridized carbons (Fsp3) is 0.429. The summed E-state index contributed by atoms with van der Waals surface area (Å²) in [6.07, 6.45) is 1.59. The van der Waals surface area contributed by atoms with Gasteiger partial charge in [0.15, 0.2) is 0 Å². The Morgan fingerprint density at radius 2 is 1.90 bits per heavy atom. The second kappa shape index (κ2) is 9.91. The van der Waals surface area contributed by atoms with Gasteiger partial charge in [0.1, 0.15) is 11.8 Å². The molecule has 0 aliphatic carbocycles. The van der Waals surface area contributed by atoms with Crippen molar-refractivity contribution >= 4 is 23.5 Å². The molecular weight excluding hydrogens is 394 g/mol. The fourth-order valence-electron chi connectivity index (χ4n) is 3.56. The first-order valence-corrected chi connectivity index (χ1v) is 9.99. The zero-order valence-electron chi connectivity index (χ0n) is 16.6. The largest absolute Gasteiger partial charge is 0.468 e. The molecule has 1 aromatic carbocycles. The summed E-state index contributed by atoms with van der Waals surface area (Å²) in [6, 6.07) is 10.2. The van der Waals surface area contributed by atoms with Gasteiger partial charge in [-0.2, -0.15) is 0 Å². The Balaban J connectivity index is 1.56. The van der Waals surface area contributed by atoms with E-state index in [1.807, 2.05) is 36.1 Å². The van der Waals surface area contributed by atoms with Gasteiger partial charge in [-0.25, -0.2) is 4.79 Å². The van der Waals surface area contributed by atoms with Crippen LogP contribution in [-0.4, -0.2) is 61.5 Å². The third-order valence-electron chi connectivity index (χ3n) is 5.11. The molecule has 2 unspecified atom stereocenters. The highest BCUT2D eigenvalue weighted by molar-refractivity contribution is 6.31. The number of rotatable bonds is 7. The van der Waals surface area contributed by atoms with Gasteiger partial charge >= 0.3 is 5.97 Å². The normalized spacial score (nSPS) is 17.5. The van der Waals surface area contributed by atoms with E-state index in [2.05, 4.69) is 10.2 Å². The van der Waals surface area contributed by atoms with E-state index in [0.29, 0.717) is 37.7 Å². The second-order valence-corrected chi connectivity index (χ2v) is 7.47. The number of esters is 1. The number of carbonyl (C=O) groups excluding carboxylic acids is 2. The summed E-state index contributed by atoms with van der Waals surface area (Å²) in [5.41, 5.74) is 0.736. The zero-order valence-corrected chi connectivity index (χ0v) is 17.4. The minimum atomic E-state index is -0.552. The summed E-state index contributed by atoms with van der Waals surface area (Å²) in [7, 11) is 1.38. The molecule has 1 fully saturated rings. The molecule has 2 heterocycles. The van der Waals surface area contributed by atoms with Crippen molar-refractivity contribution in [1.29, 1.82) is 0 Å². The highest BCUT2D eigenvalue weighted by Gasteiger charge is 2.33. The van der Waals surface area contributed by atoms with E-state index in [1.54, 1.807) is 18.4 Å². The topological polar surface area (TPSA) is 75.0 Å². The minimum absolute atomic E-state index is 0.0574. The van der Waals surface area contributed by atoms with Crippen LogP contribution >= 0.6 is 11.6 Å². The lowest BCUT2D eigenvalue weighted by atomic mass is 10.0. The maximum Gasteiger partial charge on any atom is 0.327 e. The van der Waals surface area contributed by atoms with Crippen molar-refractivity contribution < 1.29 is 18.7 Å². The van der Waals surface area contributed by atoms with Gasteiger partial charge < -0.3 is 14.5 Å². The van der Waals surface area contributed by atoms with E-state index in [9.17, 15) is 9.59 Å². The van der Waals surface area contributed by atoms with Crippen molar-refractivity contribution in [3.05, 3.63) is 59.0 Å². The number of methoxy groups -OCH3 is 1. The zero-order chi connectivity index (χ0) is 20.8. The fourth-order valence-corrected chi connectivity index (χ4v) is 3.80. The van der Waals surface area contributed by atoms with Gasteiger partial charge in [0.2, 0.25) is 5.91 Å². The molecule has 0 bridgehead atoms. The van der Waals surface area contributed by atoms with Crippen molar-refractivity contribution in [1.82, 2.24) is 15.1 Å². The minimum Gasteiger partial charge on any atom is -0.468 e. The molecule has 1 N–H and O–H groups in total. The molecule has 1 aromatic heterocycles. The summed E-state index contributed by atoms with van der Waals surface area (Å²) < 4.78 is 10.3. The summed E-state index contributed by atoms with van der Waals surface area (Å²) in [6.45, 7) is 4.78. The molecular formula is C21H26ClN3O4. The molecule has 0 spiro atoms. The third kappa shape index (κ3) is 5.38. The molecule has 0 radical (unpaired) electrons. The van der Waals surface area contributed by atoms with E-state index in [4.69, 9.17) is 20.8 Å². The first-order chi connectivity index (χ1) is 14.0. The molecule has 3 rings (SSSR count). The lowest BCUT2D eigenvalue weighted by Crippen LogP contribution is -2.51. The molecule has 7 nitrogen and oxygen atoms in total. The summed E-state index contributed by atoms with van der Waals surface area (Å²) in [4.78, 5) is 28.9. The number of halogens is 1. The van der Waals surface area contributed by atoms with E-state index < -0.39 is 6.04 Å². The van der Waals surface area contributed by atoms with Gasteiger partial charge in [-0.15, -0.1) is 0 Å². The van der Waals surface area contributed by atoms with Crippen LogP contribution in [0.15, 0.2) is 47.1 Å². The average Bonchev–Trinajstić information content (AvgIpc) is 3.25. The number of amides is 1. The van der Waals surface area contributed by atoms with Crippen molar-refractivity contribution in [3.8, 4) is 0 Å². The predicted octanol–water partition coefficient (Wildman–Crippen LogP) is 2.64. The maximum atomic E-state index is 12.4. The number of benzene rings is 1. The van der Waals surface area contributed by atoms with Gasteiger partial charge in [-0.05, 0) is 30.7 Å². The third-order valence-corrected chi connectivity index (χ3v) is 5.46. The summed E-state index contributed by atoms with van der Waals surface area (Å²) >= 11 is 6.32. The monoisotopic (exact) mass is 419 g/mol. The Morgan fingerprint density at radius 1 is 1.17 bits per heavy atom. The highest BCUT2D eigenvalue weighted by Crippen LogP contribution is 2.29. The van der Waals surface area contributed by atoms with Crippen LogP contribution in [0.2, 0.25) is 5.02 Å². The number of piperazine rings is 1. The van der Waals surface area contributed by atoms with E-state index in [-0.39, 0.29) is 17.9 Å². The Kier molecular flexibility index (Phi) is 7.30. The van der Waals surface area contributed by atoms with Crippen LogP contribution in [0.1, 0.15) is 30.3 Å². The van der Waals surface area contributed by atoms with Crippen LogP contribution in [0.3, 0.4) is 0 Å². The van der Waals surface area contributed by atoms with Crippen LogP contribution in [0.4, 0.5) is 0 Å². The lowest BCUT2D eigenvalue weighted by Gasteiger charge is -2.38. The molecule has 8 heteroatoms. The van der Waals surface area contributed by atoms with Gasteiger partial charge in [0.05, 0.1) is 26.0 Å². The highest BCUT2D eigenvalue weighted by atomic mass is 35.5. The number of carbonyl (C=O) groups is 2. The quantitative estimate of drug-likeness (QED) is 0.695. The van der Waals surface area contributed by atoms with Crippen LogP contribution in [0, 0.1) is 0 Å². The first-order valence-electron chi connectivity index (χ1n) is 9.61. The van der Waals surface area contributed by atoms with Crippen LogP contribution in [0.25, 0.3) is 0 Å². The van der Waals surface area contributed by atoms with Crippen LogP contribution < -0.4 is 5.32 Å². The molecule has 29 heavy (non-hydrogen) atoms. The maximum absolute atomic E-state index is 12.4. The summed E-state index contributed by atoms with van der Waals surface area (Å²) in [5, 5.41) is 3.48. The second-order valence-electron chi connectivity index (χ2n) is 7.06.